The van der Waals surface area contributed by atoms with Crippen LogP contribution in [0.3, 0.4) is 0 Å². The van der Waals surface area contributed by atoms with E-state index in [0.29, 0.717) is 0 Å². The normalized spacial score (nSPS) is 10.3. The van der Waals surface area contributed by atoms with Crippen LogP contribution in [0.15, 0.2) is 49.8 Å². The van der Waals surface area contributed by atoms with E-state index in [1.165, 1.54) is 3.57 Å². The van der Waals surface area contributed by atoms with Crippen molar-refractivity contribution in [2.75, 3.05) is 18.0 Å². The number of benzene rings is 1. The van der Waals surface area contributed by atoms with Gasteiger partial charge in [0.2, 0.25) is 0 Å². The molecule has 0 radical (unpaired) electrons. The zero-order valence-corrected chi connectivity index (χ0v) is 12.2. The Morgan fingerprint density at radius 3 is 2.56 bits per heavy atom. The number of nitrogens with zero attached hydrogens (tertiary/aromatic N) is 3. The van der Waals surface area contributed by atoms with Crippen LogP contribution in [-0.4, -0.2) is 23.1 Å². The molecule has 1 aromatic heterocycles. The third kappa shape index (κ3) is 2.69. The van der Waals surface area contributed by atoms with Crippen LogP contribution in [0.1, 0.15) is 0 Å². The van der Waals surface area contributed by atoms with Gasteiger partial charge in [-0.2, -0.15) is 0 Å². The van der Waals surface area contributed by atoms with E-state index in [2.05, 4.69) is 56.7 Å². The minimum atomic E-state index is 0.740. The zero-order valence-electron chi connectivity index (χ0n) is 10.0. The van der Waals surface area contributed by atoms with Gasteiger partial charge < -0.3 is 4.90 Å². The Kier molecular flexibility index (Phi) is 4.30. The Morgan fingerprint density at radius 1 is 1.17 bits per heavy atom. The average Bonchev–Trinajstić information content (AvgIpc) is 2.38. The summed E-state index contributed by atoms with van der Waals surface area (Å²) >= 11 is 2.30. The maximum absolute atomic E-state index is 4.40. The summed E-state index contributed by atoms with van der Waals surface area (Å²) in [7, 11) is 0. The van der Waals surface area contributed by atoms with Gasteiger partial charge in [0.25, 0.3) is 0 Å². The Hall–Kier alpha value is -1.43. The first-order chi connectivity index (χ1) is 8.76. The molecule has 0 fully saturated rings. The predicted molar refractivity (Wildman–Crippen MR) is 84.9 cm³/mol. The van der Waals surface area contributed by atoms with Crippen LogP contribution in [0.2, 0.25) is 0 Å². The van der Waals surface area contributed by atoms with Gasteiger partial charge in [-0.25, -0.2) is 9.97 Å². The van der Waals surface area contributed by atoms with E-state index < -0.39 is 0 Å². The molecule has 0 amide bonds. The highest BCUT2D eigenvalue weighted by Crippen LogP contribution is 2.24. The first kappa shape index (κ1) is 13.0. The van der Waals surface area contributed by atoms with E-state index in [0.717, 1.165) is 29.8 Å². The summed E-state index contributed by atoms with van der Waals surface area (Å²) in [4.78, 5) is 10.8. The number of hydrogen-bond acceptors (Lipinski definition) is 3. The molecule has 0 bridgehead atoms. The third-order valence-corrected chi connectivity index (χ3v) is 3.25. The fourth-order valence-electron chi connectivity index (χ4n) is 1.83. The number of halogens is 1. The first-order valence-corrected chi connectivity index (χ1v) is 6.71. The molecule has 0 atom stereocenters. The maximum atomic E-state index is 4.40. The molecule has 1 heterocycles. The minimum absolute atomic E-state index is 0.740. The Morgan fingerprint density at radius 2 is 1.89 bits per heavy atom. The Bertz CT molecular complexity index is 570. The fourth-order valence-corrected chi connectivity index (χ4v) is 2.32. The van der Waals surface area contributed by atoms with Gasteiger partial charge in [0.15, 0.2) is 0 Å². The van der Waals surface area contributed by atoms with Crippen LogP contribution in [0.25, 0.3) is 10.9 Å². The van der Waals surface area contributed by atoms with Crippen molar-refractivity contribution >= 4 is 39.3 Å². The van der Waals surface area contributed by atoms with Crippen molar-refractivity contribution in [2.24, 2.45) is 0 Å². The maximum Gasteiger partial charge on any atom is 0.140 e. The van der Waals surface area contributed by atoms with Crippen LogP contribution >= 0.6 is 22.6 Å². The van der Waals surface area contributed by atoms with Crippen molar-refractivity contribution < 1.29 is 0 Å². The van der Waals surface area contributed by atoms with E-state index in [1.54, 1.807) is 6.33 Å². The van der Waals surface area contributed by atoms with Gasteiger partial charge in [-0.1, -0.05) is 12.2 Å². The fraction of sp³-hybridized carbons (Fsp3) is 0.143. The van der Waals surface area contributed by atoms with E-state index in [-0.39, 0.29) is 0 Å². The third-order valence-electron chi connectivity index (χ3n) is 2.57. The van der Waals surface area contributed by atoms with Gasteiger partial charge in [-0.3, -0.25) is 0 Å². The van der Waals surface area contributed by atoms with Crippen LogP contribution in [-0.2, 0) is 0 Å². The second kappa shape index (κ2) is 5.95. The first-order valence-electron chi connectivity index (χ1n) is 5.63. The summed E-state index contributed by atoms with van der Waals surface area (Å²) < 4.78 is 1.17. The monoisotopic (exact) mass is 351 g/mol. The van der Waals surface area contributed by atoms with Gasteiger partial charge in [0.05, 0.1) is 5.52 Å². The Balaban J connectivity index is 2.56. The van der Waals surface area contributed by atoms with Crippen LogP contribution in [0.5, 0.6) is 0 Å². The van der Waals surface area contributed by atoms with E-state index in [9.17, 15) is 0 Å². The molecule has 0 spiro atoms. The highest BCUT2D eigenvalue weighted by molar-refractivity contribution is 14.1. The number of aromatic nitrogens is 2. The molecule has 18 heavy (non-hydrogen) atoms. The van der Waals surface area contributed by atoms with Crippen LogP contribution in [0.4, 0.5) is 5.82 Å². The molecule has 0 aliphatic carbocycles. The average molecular weight is 351 g/mol. The molecular weight excluding hydrogens is 337 g/mol. The lowest BCUT2D eigenvalue weighted by atomic mass is 10.2. The van der Waals surface area contributed by atoms with E-state index in [4.69, 9.17) is 0 Å². The van der Waals surface area contributed by atoms with Gasteiger partial charge in [0, 0.05) is 22.0 Å². The number of fused-ring (bicyclic) bond motifs is 1. The number of rotatable bonds is 5. The standard InChI is InChI=1S/C14H14IN3/c1-3-7-18(8-4-2)14-12-9-11(15)5-6-13(12)16-10-17-14/h3-6,9-10H,1-2,7-8H2. The van der Waals surface area contributed by atoms with Crippen molar-refractivity contribution in [3.05, 3.63) is 53.4 Å². The second-order valence-corrected chi connectivity index (χ2v) is 5.09. The van der Waals surface area contributed by atoms with Crippen LogP contribution in [0, 0.1) is 3.57 Å². The number of anilines is 1. The second-order valence-electron chi connectivity index (χ2n) is 3.84. The number of hydrogen-bond donors (Lipinski definition) is 0. The summed E-state index contributed by atoms with van der Waals surface area (Å²) in [6.45, 7) is 9.05. The minimum Gasteiger partial charge on any atom is -0.349 e. The Labute approximate surface area is 120 Å². The summed E-state index contributed by atoms with van der Waals surface area (Å²) in [6.07, 6.45) is 5.33. The summed E-state index contributed by atoms with van der Waals surface area (Å²) in [5.41, 5.74) is 0.957. The molecule has 0 unspecified atom stereocenters. The van der Waals surface area contributed by atoms with Gasteiger partial charge in [-0.15, -0.1) is 13.2 Å². The lowest BCUT2D eigenvalue weighted by molar-refractivity contribution is 0.928. The van der Waals surface area contributed by atoms with Crippen molar-refractivity contribution in [2.45, 2.75) is 0 Å². The lowest BCUT2D eigenvalue weighted by Gasteiger charge is -2.21. The predicted octanol–water partition coefficient (Wildman–Crippen LogP) is 3.41. The van der Waals surface area contributed by atoms with Crippen molar-refractivity contribution in [1.82, 2.24) is 9.97 Å². The summed E-state index contributed by atoms with van der Waals surface area (Å²) in [5, 5.41) is 1.06. The molecule has 0 saturated carbocycles. The molecule has 2 rings (SSSR count). The molecule has 4 heteroatoms. The highest BCUT2D eigenvalue weighted by atomic mass is 127. The highest BCUT2D eigenvalue weighted by Gasteiger charge is 2.10. The summed E-state index contributed by atoms with van der Waals surface area (Å²) in [6, 6.07) is 6.16. The zero-order chi connectivity index (χ0) is 13.0. The molecule has 0 aliphatic heterocycles. The SMILES string of the molecule is C=CCN(CC=C)c1ncnc2ccc(I)cc12. The van der Waals surface area contributed by atoms with Gasteiger partial charge in [0.1, 0.15) is 12.1 Å². The van der Waals surface area contributed by atoms with Crippen LogP contribution < -0.4 is 4.90 Å². The smallest absolute Gasteiger partial charge is 0.140 e. The molecule has 3 nitrogen and oxygen atoms in total. The lowest BCUT2D eigenvalue weighted by Crippen LogP contribution is -2.24. The van der Waals surface area contributed by atoms with E-state index in [1.807, 2.05) is 24.3 Å². The molecule has 0 N–H and O–H groups in total. The molecule has 2 aromatic rings. The molecule has 1 aromatic carbocycles. The van der Waals surface area contributed by atoms with Crippen molar-refractivity contribution in [3.63, 3.8) is 0 Å². The molecular formula is C14H14IN3. The van der Waals surface area contributed by atoms with Crippen molar-refractivity contribution in [1.29, 1.82) is 0 Å². The molecule has 92 valence electrons. The van der Waals surface area contributed by atoms with Gasteiger partial charge in [-0.05, 0) is 40.8 Å². The van der Waals surface area contributed by atoms with Crippen molar-refractivity contribution in [3.8, 4) is 0 Å². The van der Waals surface area contributed by atoms with E-state index >= 15 is 0 Å². The quantitative estimate of drug-likeness (QED) is 0.611. The topological polar surface area (TPSA) is 29.0 Å². The largest absolute Gasteiger partial charge is 0.349 e. The summed E-state index contributed by atoms with van der Waals surface area (Å²) in [5.74, 6) is 0.929. The molecule has 0 saturated heterocycles. The molecule has 0 aliphatic rings. The van der Waals surface area contributed by atoms with Gasteiger partial charge >= 0.3 is 0 Å².